The van der Waals surface area contributed by atoms with Crippen molar-refractivity contribution in [3.63, 3.8) is 0 Å². The van der Waals surface area contributed by atoms with Crippen LogP contribution in [0.4, 0.5) is 10.3 Å². The maximum Gasteiger partial charge on any atom is 0.222 e. The van der Waals surface area contributed by atoms with E-state index >= 15 is 0 Å². The monoisotopic (exact) mass is 324 g/mol. The zero-order valence-electron chi connectivity index (χ0n) is 12.8. The van der Waals surface area contributed by atoms with Gasteiger partial charge in [-0.05, 0) is 29.8 Å². The van der Waals surface area contributed by atoms with Gasteiger partial charge in [0.15, 0.2) is 0 Å². The number of rotatable bonds is 4. The number of anilines is 1. The zero-order chi connectivity index (χ0) is 16.4. The molecular formula is C17H17FN6. The number of fused-ring (bicyclic) bond motifs is 1. The number of hydrogen-bond acceptors (Lipinski definition) is 5. The van der Waals surface area contributed by atoms with Crippen LogP contribution in [-0.4, -0.2) is 22.7 Å². The number of halogens is 1. The van der Waals surface area contributed by atoms with E-state index in [0.29, 0.717) is 5.95 Å². The molecule has 0 saturated carbocycles. The Kier molecular flexibility index (Phi) is 3.94. The molecule has 4 rings (SSSR count). The van der Waals surface area contributed by atoms with Gasteiger partial charge in [-0.3, -0.25) is 5.43 Å². The molecule has 2 unspecified atom stereocenters. The molecule has 122 valence electrons. The molecule has 4 N–H and O–H groups in total. The van der Waals surface area contributed by atoms with E-state index in [0.717, 1.165) is 23.1 Å². The topological polar surface area (TPSA) is 77.1 Å². The number of hydrazine groups is 1. The smallest absolute Gasteiger partial charge is 0.222 e. The molecule has 2 aromatic carbocycles. The molecule has 6 nitrogen and oxygen atoms in total. The quantitative estimate of drug-likeness (QED) is 0.439. The first kappa shape index (κ1) is 14.8. The summed E-state index contributed by atoms with van der Waals surface area (Å²) in [6.07, 6.45) is 1.84. The summed E-state index contributed by atoms with van der Waals surface area (Å²) < 4.78 is 13.1. The number of aromatic amines is 1. The maximum absolute atomic E-state index is 13.1. The fourth-order valence-corrected chi connectivity index (χ4v) is 2.85. The average Bonchev–Trinajstić information content (AvgIpc) is 3.22. The Hall–Kier alpha value is -2.77. The van der Waals surface area contributed by atoms with Crippen LogP contribution in [0.3, 0.4) is 0 Å². The number of aromatic nitrogens is 2. The molecule has 2 atom stereocenters. The first-order valence-electron chi connectivity index (χ1n) is 7.77. The molecule has 1 aliphatic rings. The first-order chi connectivity index (χ1) is 11.8. The van der Waals surface area contributed by atoms with Crippen LogP contribution in [0, 0.1) is 11.7 Å². The van der Waals surface area contributed by atoms with Crippen molar-refractivity contribution in [1.82, 2.24) is 20.8 Å². The van der Waals surface area contributed by atoms with E-state index in [9.17, 15) is 4.39 Å². The van der Waals surface area contributed by atoms with Crippen LogP contribution < -0.4 is 16.3 Å². The number of hydrogen-bond donors (Lipinski definition) is 4. The molecule has 3 aromatic rings. The van der Waals surface area contributed by atoms with Gasteiger partial charge >= 0.3 is 0 Å². The third-order valence-corrected chi connectivity index (χ3v) is 4.08. The van der Waals surface area contributed by atoms with E-state index in [2.05, 4.69) is 31.3 Å². The van der Waals surface area contributed by atoms with E-state index in [-0.39, 0.29) is 17.8 Å². The summed E-state index contributed by atoms with van der Waals surface area (Å²) in [6, 6.07) is 14.4. The summed E-state index contributed by atoms with van der Waals surface area (Å²) in [4.78, 5) is 7.57. The SMILES string of the molecule is Fc1ccc(C2NNCC2/C=N\Nc2nc3ccccc3[nH]2)cc1. The molecule has 0 amide bonds. The van der Waals surface area contributed by atoms with Crippen LogP contribution in [0.15, 0.2) is 53.6 Å². The predicted octanol–water partition coefficient (Wildman–Crippen LogP) is 2.57. The Balaban J connectivity index is 1.45. The summed E-state index contributed by atoms with van der Waals surface area (Å²) in [5.74, 6) is 0.513. The maximum atomic E-state index is 13.1. The lowest BCUT2D eigenvalue weighted by Gasteiger charge is -2.15. The molecule has 0 radical (unpaired) electrons. The number of benzene rings is 2. The van der Waals surface area contributed by atoms with Crippen LogP contribution >= 0.6 is 0 Å². The second-order valence-corrected chi connectivity index (χ2v) is 5.71. The van der Waals surface area contributed by atoms with Crippen molar-refractivity contribution in [3.8, 4) is 0 Å². The molecule has 0 spiro atoms. The molecule has 0 aliphatic carbocycles. The molecule has 0 bridgehead atoms. The molecule has 2 heterocycles. The fourth-order valence-electron chi connectivity index (χ4n) is 2.85. The van der Waals surface area contributed by atoms with Crippen molar-refractivity contribution in [2.45, 2.75) is 6.04 Å². The standard InChI is InChI=1S/C17H17FN6/c18-13-7-5-11(6-8-13)16-12(9-19-23-16)10-20-24-17-21-14-3-1-2-4-15(14)22-17/h1-8,10,12,16,19,23H,9H2,(H2,21,22,24)/b20-10-. The summed E-state index contributed by atoms with van der Waals surface area (Å²) in [7, 11) is 0. The van der Waals surface area contributed by atoms with Crippen LogP contribution in [0.25, 0.3) is 11.0 Å². The minimum Gasteiger partial charge on any atom is -0.323 e. The highest BCUT2D eigenvalue weighted by Crippen LogP contribution is 2.23. The normalized spacial score (nSPS) is 20.9. The Labute approximate surface area is 138 Å². The van der Waals surface area contributed by atoms with Crippen molar-refractivity contribution >= 4 is 23.2 Å². The molecule has 1 saturated heterocycles. The number of nitrogens with one attached hydrogen (secondary N) is 4. The Morgan fingerprint density at radius 3 is 2.83 bits per heavy atom. The summed E-state index contributed by atoms with van der Waals surface area (Å²) in [6.45, 7) is 0.743. The highest BCUT2D eigenvalue weighted by atomic mass is 19.1. The number of imidazole rings is 1. The predicted molar refractivity (Wildman–Crippen MR) is 92.0 cm³/mol. The van der Waals surface area contributed by atoms with Gasteiger partial charge in [0.25, 0.3) is 0 Å². The van der Waals surface area contributed by atoms with Gasteiger partial charge in [-0.25, -0.2) is 20.2 Å². The second-order valence-electron chi connectivity index (χ2n) is 5.71. The fraction of sp³-hybridized carbons (Fsp3) is 0.176. The second kappa shape index (κ2) is 6.38. The Bertz CT molecular complexity index is 824. The molecule has 24 heavy (non-hydrogen) atoms. The molecule has 1 aromatic heterocycles. The van der Waals surface area contributed by atoms with Gasteiger partial charge < -0.3 is 4.98 Å². The van der Waals surface area contributed by atoms with Gasteiger partial charge in [0.05, 0.1) is 17.1 Å². The lowest BCUT2D eigenvalue weighted by molar-refractivity contribution is 0.554. The van der Waals surface area contributed by atoms with E-state index in [1.165, 1.54) is 12.1 Å². The van der Waals surface area contributed by atoms with Crippen LogP contribution in [0.1, 0.15) is 11.6 Å². The highest BCUT2D eigenvalue weighted by Gasteiger charge is 2.26. The van der Waals surface area contributed by atoms with Crippen LogP contribution in [0.5, 0.6) is 0 Å². The van der Waals surface area contributed by atoms with Crippen molar-refractivity contribution in [2.75, 3.05) is 12.0 Å². The average molecular weight is 324 g/mol. The largest absolute Gasteiger partial charge is 0.323 e. The van der Waals surface area contributed by atoms with Gasteiger partial charge in [-0.2, -0.15) is 5.10 Å². The lowest BCUT2D eigenvalue weighted by Crippen LogP contribution is -2.25. The van der Waals surface area contributed by atoms with Gasteiger partial charge in [0.1, 0.15) is 5.82 Å². The third-order valence-electron chi connectivity index (χ3n) is 4.08. The molecular weight excluding hydrogens is 307 g/mol. The number of hydrazone groups is 1. The number of H-pyrrole nitrogens is 1. The van der Waals surface area contributed by atoms with Crippen molar-refractivity contribution < 1.29 is 4.39 Å². The zero-order valence-corrected chi connectivity index (χ0v) is 12.8. The lowest BCUT2D eigenvalue weighted by atomic mass is 9.96. The Morgan fingerprint density at radius 1 is 1.17 bits per heavy atom. The Morgan fingerprint density at radius 2 is 2.00 bits per heavy atom. The van der Waals surface area contributed by atoms with E-state index < -0.39 is 0 Å². The van der Waals surface area contributed by atoms with Crippen LogP contribution in [-0.2, 0) is 0 Å². The van der Waals surface area contributed by atoms with Crippen LogP contribution in [0.2, 0.25) is 0 Å². The van der Waals surface area contributed by atoms with Crippen molar-refractivity contribution in [3.05, 3.63) is 59.9 Å². The van der Waals surface area contributed by atoms with E-state index in [1.807, 2.05) is 30.5 Å². The first-order valence-corrected chi connectivity index (χ1v) is 7.77. The van der Waals surface area contributed by atoms with Gasteiger partial charge in [-0.1, -0.05) is 24.3 Å². The molecule has 7 heteroatoms. The molecule has 1 aliphatic heterocycles. The van der Waals surface area contributed by atoms with Crippen molar-refractivity contribution in [2.24, 2.45) is 11.0 Å². The number of para-hydroxylation sites is 2. The summed E-state index contributed by atoms with van der Waals surface area (Å²) in [5.41, 5.74) is 12.1. The van der Waals surface area contributed by atoms with Gasteiger partial charge in [0.2, 0.25) is 5.95 Å². The van der Waals surface area contributed by atoms with Crippen molar-refractivity contribution in [1.29, 1.82) is 0 Å². The minimum atomic E-state index is -0.235. The van der Waals surface area contributed by atoms with Gasteiger partial charge in [0, 0.05) is 18.7 Å². The highest BCUT2D eigenvalue weighted by molar-refractivity contribution is 5.77. The number of nitrogens with zero attached hydrogens (tertiary/aromatic N) is 2. The summed E-state index contributed by atoms with van der Waals surface area (Å²) >= 11 is 0. The van der Waals surface area contributed by atoms with E-state index in [4.69, 9.17) is 0 Å². The van der Waals surface area contributed by atoms with Gasteiger partial charge in [-0.15, -0.1) is 0 Å². The third kappa shape index (κ3) is 2.99. The van der Waals surface area contributed by atoms with E-state index in [1.54, 1.807) is 12.1 Å². The summed E-state index contributed by atoms with van der Waals surface area (Å²) in [5, 5.41) is 4.29. The minimum absolute atomic E-state index is 0.0480. The molecule has 1 fully saturated rings.